The van der Waals surface area contributed by atoms with E-state index >= 15 is 0 Å². The van der Waals surface area contributed by atoms with Crippen molar-refractivity contribution in [3.05, 3.63) is 0 Å². The quantitative estimate of drug-likeness (QED) is 0.489. The molecule has 0 amide bonds. The summed E-state index contributed by atoms with van der Waals surface area (Å²) < 4.78 is 44.3. The smallest absolute Gasteiger partial charge is 0.279 e. The highest BCUT2D eigenvalue weighted by Gasteiger charge is 2.22. The van der Waals surface area contributed by atoms with Crippen LogP contribution in [0.15, 0.2) is 0 Å². The van der Waals surface area contributed by atoms with Crippen LogP contribution in [0.5, 0.6) is 0 Å². The molecular formula is C12H35N5O4S2. The third-order valence-corrected chi connectivity index (χ3v) is 4.31. The Kier molecular flexibility index (Phi) is 18.3. The molecule has 0 bridgehead atoms. The predicted octanol–water partition coefficient (Wildman–Crippen LogP) is -0.143. The van der Waals surface area contributed by atoms with Gasteiger partial charge in [-0.15, -0.1) is 0 Å². The van der Waals surface area contributed by atoms with Gasteiger partial charge in [0.05, 0.1) is 0 Å². The molecule has 0 unspecified atom stereocenters. The Bertz CT molecular complexity index is 442. The molecule has 0 radical (unpaired) electrons. The van der Waals surface area contributed by atoms with E-state index in [0.717, 1.165) is 13.0 Å². The lowest BCUT2D eigenvalue weighted by atomic mass is 10.2. The molecule has 144 valence electrons. The molecule has 0 saturated carbocycles. The Morgan fingerprint density at radius 2 is 1.65 bits per heavy atom. The molecule has 1 aliphatic rings. The van der Waals surface area contributed by atoms with Gasteiger partial charge in [-0.2, -0.15) is 21.1 Å². The monoisotopic (exact) mass is 377 g/mol. The van der Waals surface area contributed by atoms with Crippen LogP contribution in [0, 0.1) is 0 Å². The minimum atomic E-state index is -3.67. The third-order valence-electron chi connectivity index (χ3n) is 2.62. The van der Waals surface area contributed by atoms with Gasteiger partial charge in [0.1, 0.15) is 0 Å². The largest absolute Gasteiger partial charge is 0.330 e. The minimum Gasteiger partial charge on any atom is -0.330 e. The number of hydrogen-bond acceptors (Lipinski definition) is 5. The molecule has 11 heteroatoms. The Labute approximate surface area is 142 Å². The van der Waals surface area contributed by atoms with Gasteiger partial charge in [-0.3, -0.25) is 0 Å². The Morgan fingerprint density at radius 3 is 1.96 bits per heavy atom. The van der Waals surface area contributed by atoms with Crippen LogP contribution in [-0.2, 0) is 20.4 Å². The van der Waals surface area contributed by atoms with Crippen molar-refractivity contribution in [2.45, 2.75) is 53.4 Å². The van der Waals surface area contributed by atoms with Crippen LogP contribution in [0.3, 0.4) is 0 Å². The van der Waals surface area contributed by atoms with Gasteiger partial charge in [-0.25, -0.2) is 15.0 Å². The maximum atomic E-state index is 11.0. The van der Waals surface area contributed by atoms with E-state index in [1.807, 2.05) is 6.92 Å². The molecule has 0 atom stereocenters. The first-order valence-electron chi connectivity index (χ1n) is 7.33. The van der Waals surface area contributed by atoms with E-state index in [1.54, 1.807) is 0 Å². The summed E-state index contributed by atoms with van der Waals surface area (Å²) in [6, 6.07) is 0. The summed E-state index contributed by atoms with van der Waals surface area (Å²) in [5.74, 6) is 0. The summed E-state index contributed by atoms with van der Waals surface area (Å²) in [6.07, 6.45) is 6.07. The highest BCUT2D eigenvalue weighted by molar-refractivity contribution is 7.87. The standard InChI is InChI=1S/C6H15N.C5H12N2O2S.CH4.H4N2O2S/c1-2-3-4-5-6-7;1-2-7-5-3-4-6-10(7,8)9;;1-5(2,3)4/h2-7H2,1H3;6H,2-5H2,1H3;1H4;(H4,1,2,3,4). The van der Waals surface area contributed by atoms with Gasteiger partial charge in [0, 0.05) is 19.6 Å². The number of hydrogen-bond donors (Lipinski definition) is 4. The zero-order valence-electron chi connectivity index (χ0n) is 13.5. The Hall–Kier alpha value is -0.300. The summed E-state index contributed by atoms with van der Waals surface area (Å²) in [6.45, 7) is 6.71. The van der Waals surface area contributed by atoms with E-state index in [2.05, 4.69) is 21.9 Å². The second-order valence-electron chi connectivity index (χ2n) is 4.68. The van der Waals surface area contributed by atoms with Crippen LogP contribution in [0.1, 0.15) is 53.4 Å². The van der Waals surface area contributed by atoms with Crippen molar-refractivity contribution in [2.75, 3.05) is 26.2 Å². The fourth-order valence-electron chi connectivity index (χ4n) is 1.57. The lowest BCUT2D eigenvalue weighted by Gasteiger charge is -2.24. The molecule has 1 fully saturated rings. The number of nitrogens with zero attached hydrogens (tertiary/aromatic N) is 1. The molecule has 9 nitrogen and oxygen atoms in total. The summed E-state index contributed by atoms with van der Waals surface area (Å²) >= 11 is 0. The molecule has 0 aromatic carbocycles. The first-order valence-corrected chi connectivity index (χ1v) is 10.4. The van der Waals surface area contributed by atoms with E-state index in [0.29, 0.717) is 19.6 Å². The highest BCUT2D eigenvalue weighted by Crippen LogP contribution is 2.03. The van der Waals surface area contributed by atoms with Crippen molar-refractivity contribution in [1.29, 1.82) is 0 Å². The van der Waals surface area contributed by atoms with Crippen LogP contribution in [0.25, 0.3) is 0 Å². The molecule has 7 N–H and O–H groups in total. The zero-order valence-corrected chi connectivity index (χ0v) is 15.1. The number of rotatable bonds is 5. The topological polar surface area (TPSA) is 162 Å². The van der Waals surface area contributed by atoms with E-state index in [-0.39, 0.29) is 7.43 Å². The first kappa shape index (κ1) is 27.5. The van der Waals surface area contributed by atoms with Crippen molar-refractivity contribution in [2.24, 2.45) is 16.0 Å². The van der Waals surface area contributed by atoms with Crippen molar-refractivity contribution >= 4 is 20.4 Å². The summed E-state index contributed by atoms with van der Waals surface area (Å²) in [4.78, 5) is 0. The van der Waals surface area contributed by atoms with Crippen molar-refractivity contribution < 1.29 is 16.8 Å². The molecule has 0 aromatic heterocycles. The normalized spacial score (nSPS) is 16.9. The summed E-state index contributed by atoms with van der Waals surface area (Å²) in [7, 11) is -6.76. The van der Waals surface area contributed by atoms with Crippen molar-refractivity contribution in [1.82, 2.24) is 9.03 Å². The molecule has 0 aliphatic carbocycles. The lowest BCUT2D eigenvalue weighted by Crippen LogP contribution is -2.46. The SMILES string of the molecule is C.CCCCCCN.CCN1CCCNS1(=O)=O.NS(N)(=O)=O. The van der Waals surface area contributed by atoms with Crippen LogP contribution in [0.2, 0.25) is 0 Å². The molecule has 1 aliphatic heterocycles. The average Bonchev–Trinajstić information content (AvgIpc) is 2.38. The third kappa shape index (κ3) is 21.7. The predicted molar refractivity (Wildman–Crippen MR) is 96.0 cm³/mol. The molecule has 1 heterocycles. The maximum Gasteiger partial charge on any atom is 0.279 e. The fourth-order valence-corrected chi connectivity index (χ4v) is 2.86. The summed E-state index contributed by atoms with van der Waals surface area (Å²) in [5, 5.41) is 8.21. The molecular weight excluding hydrogens is 342 g/mol. The van der Waals surface area contributed by atoms with Gasteiger partial charge < -0.3 is 5.73 Å². The van der Waals surface area contributed by atoms with Crippen LogP contribution in [0.4, 0.5) is 0 Å². The van der Waals surface area contributed by atoms with Gasteiger partial charge in [-0.05, 0) is 19.4 Å². The Balaban J connectivity index is -0.000000273. The lowest BCUT2D eigenvalue weighted by molar-refractivity contribution is 0.388. The van der Waals surface area contributed by atoms with Gasteiger partial charge in [0.15, 0.2) is 0 Å². The van der Waals surface area contributed by atoms with Crippen LogP contribution >= 0.6 is 0 Å². The van der Waals surface area contributed by atoms with Crippen LogP contribution < -0.4 is 20.7 Å². The number of unbranched alkanes of at least 4 members (excludes halogenated alkanes) is 3. The molecule has 1 saturated heterocycles. The van der Waals surface area contributed by atoms with E-state index in [4.69, 9.17) is 5.73 Å². The Morgan fingerprint density at radius 1 is 1.13 bits per heavy atom. The van der Waals surface area contributed by atoms with Crippen molar-refractivity contribution in [3.8, 4) is 0 Å². The van der Waals surface area contributed by atoms with Gasteiger partial charge in [0.25, 0.3) is 20.4 Å². The van der Waals surface area contributed by atoms with Crippen LogP contribution in [-0.4, -0.2) is 47.3 Å². The molecule has 0 aromatic rings. The van der Waals surface area contributed by atoms with E-state index < -0.39 is 20.4 Å². The second kappa shape index (κ2) is 15.2. The number of nitrogens with one attached hydrogen (secondary N) is 1. The first-order chi connectivity index (χ1) is 10.1. The summed E-state index contributed by atoms with van der Waals surface area (Å²) in [5.41, 5.74) is 5.27. The molecule has 23 heavy (non-hydrogen) atoms. The minimum absolute atomic E-state index is 0. The number of nitrogens with two attached hydrogens (primary N) is 3. The average molecular weight is 378 g/mol. The zero-order chi connectivity index (χ0) is 17.6. The van der Waals surface area contributed by atoms with Gasteiger partial charge in [-0.1, -0.05) is 40.5 Å². The second-order valence-corrected chi connectivity index (χ2v) is 7.62. The van der Waals surface area contributed by atoms with Gasteiger partial charge >= 0.3 is 0 Å². The highest BCUT2D eigenvalue weighted by atomic mass is 32.2. The maximum absolute atomic E-state index is 11.0. The molecule has 1 rings (SSSR count). The van der Waals surface area contributed by atoms with Gasteiger partial charge in [0.2, 0.25) is 0 Å². The fraction of sp³-hybridized carbons (Fsp3) is 1.00. The van der Waals surface area contributed by atoms with Crippen molar-refractivity contribution in [3.63, 3.8) is 0 Å². The van der Waals surface area contributed by atoms with E-state index in [1.165, 1.54) is 30.0 Å². The van der Waals surface area contributed by atoms with E-state index in [9.17, 15) is 16.8 Å². The molecule has 0 spiro atoms.